The summed E-state index contributed by atoms with van der Waals surface area (Å²) >= 11 is 0. The van der Waals surface area contributed by atoms with Crippen LogP contribution in [0.3, 0.4) is 0 Å². The fourth-order valence-corrected chi connectivity index (χ4v) is 10.9. The third-order valence-electron chi connectivity index (χ3n) is 14.0. The molecule has 12 aromatic carbocycles. The lowest BCUT2D eigenvalue weighted by atomic mass is 9.93. The molecular weight excluding hydrogens is 813 g/mol. The molecule has 14 aromatic rings. The summed E-state index contributed by atoms with van der Waals surface area (Å²) in [7, 11) is 0. The van der Waals surface area contributed by atoms with Crippen LogP contribution in [0.25, 0.3) is 115 Å². The van der Waals surface area contributed by atoms with Crippen molar-refractivity contribution < 1.29 is 4.42 Å². The smallest absolute Gasteiger partial charge is 0.135 e. The summed E-state index contributed by atoms with van der Waals surface area (Å²) in [6.07, 6.45) is 0. The summed E-state index contributed by atoms with van der Waals surface area (Å²) in [5, 5.41) is 14.7. The van der Waals surface area contributed by atoms with Crippen LogP contribution in [0.15, 0.2) is 247 Å². The normalized spacial score (nSPS) is 11.9. The maximum atomic E-state index is 6.19. The first-order valence-electron chi connectivity index (χ1n) is 23.0. The number of hydrogen-bond donors (Lipinski definition) is 0. The molecule has 14 rings (SSSR count). The van der Waals surface area contributed by atoms with E-state index in [2.05, 4.69) is 240 Å². The number of para-hydroxylation sites is 3. The van der Waals surface area contributed by atoms with Gasteiger partial charge in [-0.2, -0.15) is 0 Å². The zero-order valence-electron chi connectivity index (χ0n) is 36.4. The number of aromatic nitrogens is 1. The molecule has 0 aliphatic heterocycles. The Labute approximate surface area is 386 Å². The van der Waals surface area contributed by atoms with Crippen molar-refractivity contribution in [3.05, 3.63) is 243 Å². The fourth-order valence-electron chi connectivity index (χ4n) is 10.9. The van der Waals surface area contributed by atoms with Crippen LogP contribution in [0.4, 0.5) is 17.1 Å². The molecule has 0 aliphatic carbocycles. The highest BCUT2D eigenvalue weighted by molar-refractivity contribution is 6.26. The number of hydrogen-bond acceptors (Lipinski definition) is 2. The van der Waals surface area contributed by atoms with E-state index in [1.165, 1.54) is 76.0 Å². The van der Waals surface area contributed by atoms with E-state index in [1.54, 1.807) is 0 Å². The molecule has 0 aliphatic rings. The van der Waals surface area contributed by atoms with Crippen molar-refractivity contribution in [2.75, 3.05) is 4.90 Å². The van der Waals surface area contributed by atoms with Crippen LogP contribution in [-0.2, 0) is 0 Å². The van der Waals surface area contributed by atoms with Crippen molar-refractivity contribution >= 4 is 104 Å². The van der Waals surface area contributed by atoms with Gasteiger partial charge in [-0.3, -0.25) is 0 Å². The standard InChI is InChI=1S/C64H40N2O/c1-2-14-44(15-3-1)66-60-24-12-10-22-55(60)58-39-43(28-35-62(58)66)47-34-36-61(54-21-9-8-16-48(47)54)65(46-32-33-53-51-19-5-4-17-49(51)50-18-6-7-20-52(50)57(53)40-46)45-30-26-41(27-31-45)42-29-37-64-59(38-42)56-23-11-13-25-63(56)67-64/h1-40H. The van der Waals surface area contributed by atoms with E-state index in [-0.39, 0.29) is 0 Å². The predicted octanol–water partition coefficient (Wildman–Crippen LogP) is 18.1. The average molecular weight is 853 g/mol. The second kappa shape index (κ2) is 14.8. The van der Waals surface area contributed by atoms with Gasteiger partial charge in [-0.1, -0.05) is 164 Å². The van der Waals surface area contributed by atoms with Gasteiger partial charge in [0.25, 0.3) is 0 Å². The molecule has 0 fully saturated rings. The lowest BCUT2D eigenvalue weighted by Crippen LogP contribution is -2.10. The number of rotatable bonds is 6. The van der Waals surface area contributed by atoms with Crippen molar-refractivity contribution in [3.8, 4) is 27.9 Å². The first-order valence-corrected chi connectivity index (χ1v) is 23.0. The van der Waals surface area contributed by atoms with Gasteiger partial charge in [0, 0.05) is 44.0 Å². The number of nitrogens with zero attached hydrogens (tertiary/aromatic N) is 2. The highest BCUT2D eigenvalue weighted by atomic mass is 16.3. The summed E-state index contributed by atoms with van der Waals surface area (Å²) in [6.45, 7) is 0. The molecule has 0 saturated heterocycles. The highest BCUT2D eigenvalue weighted by Gasteiger charge is 2.21. The zero-order chi connectivity index (χ0) is 44.0. The fraction of sp³-hybridized carbons (Fsp3) is 0. The lowest BCUT2D eigenvalue weighted by Gasteiger charge is -2.28. The third-order valence-corrected chi connectivity index (χ3v) is 14.0. The van der Waals surface area contributed by atoms with Gasteiger partial charge in [-0.25, -0.2) is 0 Å². The average Bonchev–Trinajstić information content (AvgIpc) is 3.94. The van der Waals surface area contributed by atoms with Gasteiger partial charge in [0.05, 0.1) is 16.7 Å². The molecular formula is C64H40N2O. The monoisotopic (exact) mass is 852 g/mol. The molecule has 0 N–H and O–H groups in total. The van der Waals surface area contributed by atoms with E-state index < -0.39 is 0 Å². The van der Waals surface area contributed by atoms with Crippen LogP contribution in [-0.4, -0.2) is 4.57 Å². The molecule has 2 heterocycles. The van der Waals surface area contributed by atoms with Crippen LogP contribution < -0.4 is 4.90 Å². The Morgan fingerprint density at radius 1 is 0.284 bits per heavy atom. The van der Waals surface area contributed by atoms with Crippen LogP contribution >= 0.6 is 0 Å². The molecule has 0 bridgehead atoms. The van der Waals surface area contributed by atoms with Gasteiger partial charge in [0.2, 0.25) is 0 Å². The number of benzene rings is 12. The minimum atomic E-state index is 0.901. The quantitative estimate of drug-likeness (QED) is 0.155. The molecule has 3 heteroatoms. The SMILES string of the molecule is c1ccc(-n2c3ccccc3c3cc(-c4ccc(N(c5ccc(-c6ccc7oc8ccccc8c7c6)cc5)c5ccc6c7ccccc7c7ccccc7c6c5)c5ccccc45)ccc32)cc1. The summed E-state index contributed by atoms with van der Waals surface area (Å²) in [4.78, 5) is 2.45. The Morgan fingerprint density at radius 2 is 0.821 bits per heavy atom. The van der Waals surface area contributed by atoms with Crippen molar-refractivity contribution in [3.63, 3.8) is 0 Å². The van der Waals surface area contributed by atoms with Crippen LogP contribution in [0.5, 0.6) is 0 Å². The summed E-state index contributed by atoms with van der Waals surface area (Å²) in [6, 6.07) is 88.5. The Bertz CT molecular complexity index is 4240. The first-order chi connectivity index (χ1) is 33.2. The van der Waals surface area contributed by atoms with Gasteiger partial charge in [0.15, 0.2) is 0 Å². The van der Waals surface area contributed by atoms with E-state index in [1.807, 2.05) is 12.1 Å². The first kappa shape index (κ1) is 37.5. The van der Waals surface area contributed by atoms with Crippen LogP contribution in [0, 0.1) is 0 Å². The zero-order valence-corrected chi connectivity index (χ0v) is 36.4. The van der Waals surface area contributed by atoms with E-state index >= 15 is 0 Å². The van der Waals surface area contributed by atoms with Crippen molar-refractivity contribution in [2.45, 2.75) is 0 Å². The van der Waals surface area contributed by atoms with Crippen molar-refractivity contribution in [1.29, 1.82) is 0 Å². The second-order valence-corrected chi connectivity index (χ2v) is 17.6. The van der Waals surface area contributed by atoms with Crippen LogP contribution in [0.2, 0.25) is 0 Å². The predicted molar refractivity (Wildman–Crippen MR) is 284 cm³/mol. The van der Waals surface area contributed by atoms with E-state index in [4.69, 9.17) is 4.42 Å². The van der Waals surface area contributed by atoms with Gasteiger partial charge in [-0.05, 0) is 139 Å². The van der Waals surface area contributed by atoms with E-state index in [0.717, 1.165) is 55.8 Å². The minimum absolute atomic E-state index is 0.901. The molecule has 0 amide bonds. The highest BCUT2D eigenvalue weighted by Crippen LogP contribution is 2.46. The molecule has 0 spiro atoms. The second-order valence-electron chi connectivity index (χ2n) is 17.6. The number of fused-ring (bicyclic) bond motifs is 13. The van der Waals surface area contributed by atoms with Crippen molar-refractivity contribution in [1.82, 2.24) is 4.57 Å². The Balaban J connectivity index is 0.959. The molecule has 0 saturated carbocycles. The van der Waals surface area contributed by atoms with Gasteiger partial charge in [0.1, 0.15) is 11.2 Å². The van der Waals surface area contributed by atoms with Gasteiger partial charge in [-0.15, -0.1) is 0 Å². The molecule has 2 aromatic heterocycles. The summed E-state index contributed by atoms with van der Waals surface area (Å²) in [5.41, 5.74) is 13.4. The lowest BCUT2D eigenvalue weighted by molar-refractivity contribution is 0.669. The third kappa shape index (κ3) is 5.85. The molecule has 3 nitrogen and oxygen atoms in total. The molecule has 67 heavy (non-hydrogen) atoms. The molecule has 0 radical (unpaired) electrons. The minimum Gasteiger partial charge on any atom is -0.456 e. The van der Waals surface area contributed by atoms with Crippen LogP contribution in [0.1, 0.15) is 0 Å². The Kier molecular flexibility index (Phi) is 8.28. The van der Waals surface area contributed by atoms with Crippen molar-refractivity contribution in [2.24, 2.45) is 0 Å². The maximum Gasteiger partial charge on any atom is 0.135 e. The number of furan rings is 1. The summed E-state index contributed by atoms with van der Waals surface area (Å²) in [5.74, 6) is 0. The Hall–Kier alpha value is -8.92. The molecule has 0 unspecified atom stereocenters. The Morgan fingerprint density at radius 3 is 1.58 bits per heavy atom. The molecule has 0 atom stereocenters. The number of anilines is 3. The molecule has 312 valence electrons. The van der Waals surface area contributed by atoms with E-state index in [9.17, 15) is 0 Å². The van der Waals surface area contributed by atoms with Gasteiger partial charge < -0.3 is 13.9 Å². The summed E-state index contributed by atoms with van der Waals surface area (Å²) < 4.78 is 8.57. The van der Waals surface area contributed by atoms with E-state index in [0.29, 0.717) is 0 Å². The van der Waals surface area contributed by atoms with Gasteiger partial charge >= 0.3 is 0 Å². The maximum absolute atomic E-state index is 6.19. The largest absolute Gasteiger partial charge is 0.456 e. The topological polar surface area (TPSA) is 21.3 Å².